The van der Waals surface area contributed by atoms with E-state index in [0.29, 0.717) is 5.41 Å². The van der Waals surface area contributed by atoms with Gasteiger partial charge in [0.2, 0.25) is 0 Å². The molecular weight excluding hydrogens is 264 g/mol. The van der Waals surface area contributed by atoms with Gasteiger partial charge in [-0.3, -0.25) is 0 Å². The zero-order valence-electron chi connectivity index (χ0n) is 13.2. The van der Waals surface area contributed by atoms with Gasteiger partial charge in [0.25, 0.3) is 0 Å². The Hall–Kier alpha value is -0.410. The molecule has 1 aromatic rings. The van der Waals surface area contributed by atoms with Crippen LogP contribution in [0.1, 0.15) is 73.9 Å². The van der Waals surface area contributed by atoms with Gasteiger partial charge in [-0.1, -0.05) is 19.8 Å². The summed E-state index contributed by atoms with van der Waals surface area (Å²) in [7, 11) is 0. The Morgan fingerprint density at radius 3 is 2.20 bits per heavy atom. The van der Waals surface area contributed by atoms with E-state index in [1.165, 1.54) is 66.9 Å². The van der Waals surface area contributed by atoms with Gasteiger partial charge in [0, 0.05) is 4.88 Å². The molecule has 0 aliphatic heterocycles. The molecule has 0 amide bonds. The fourth-order valence-electron chi connectivity index (χ4n) is 4.31. The fourth-order valence-corrected chi connectivity index (χ4v) is 5.45. The zero-order chi connectivity index (χ0) is 14.2. The molecule has 0 aromatic carbocycles. The fraction of sp³-hybridized carbons (Fsp3) is 0.824. The highest BCUT2D eigenvalue weighted by molar-refractivity contribution is 7.11. The molecule has 20 heavy (non-hydrogen) atoms. The van der Waals surface area contributed by atoms with Crippen LogP contribution in [0, 0.1) is 19.3 Å². The summed E-state index contributed by atoms with van der Waals surface area (Å²) >= 11 is 1.92. The molecule has 2 aliphatic carbocycles. The lowest BCUT2D eigenvalue weighted by atomic mass is 9.66. The highest BCUT2D eigenvalue weighted by Gasteiger charge is 2.45. The van der Waals surface area contributed by atoms with Crippen LogP contribution < -0.4 is 5.32 Å². The van der Waals surface area contributed by atoms with E-state index in [4.69, 9.17) is 4.98 Å². The molecule has 3 heteroatoms. The molecule has 3 rings (SSSR count). The van der Waals surface area contributed by atoms with Gasteiger partial charge in [-0.05, 0) is 64.3 Å². The first kappa shape index (κ1) is 14.5. The maximum Gasteiger partial charge on any atom is 0.113 e. The normalized spacial score (nSPS) is 24.4. The Bertz CT molecular complexity index is 442. The summed E-state index contributed by atoms with van der Waals surface area (Å²) in [4.78, 5) is 6.28. The van der Waals surface area contributed by atoms with Crippen molar-refractivity contribution in [3.8, 4) is 0 Å². The first-order valence-corrected chi connectivity index (χ1v) is 9.10. The van der Waals surface area contributed by atoms with Gasteiger partial charge in [-0.25, -0.2) is 4.98 Å². The van der Waals surface area contributed by atoms with E-state index in [0.717, 1.165) is 6.54 Å². The van der Waals surface area contributed by atoms with Crippen molar-refractivity contribution in [1.82, 2.24) is 10.3 Å². The average Bonchev–Trinajstić information content (AvgIpc) is 3.02. The molecule has 0 atom stereocenters. The maximum absolute atomic E-state index is 4.90. The topological polar surface area (TPSA) is 24.9 Å². The lowest BCUT2D eigenvalue weighted by Gasteiger charge is -2.44. The van der Waals surface area contributed by atoms with Crippen LogP contribution in [0.2, 0.25) is 0 Å². The van der Waals surface area contributed by atoms with Crippen molar-refractivity contribution in [3.05, 3.63) is 15.6 Å². The van der Waals surface area contributed by atoms with E-state index in [1.807, 2.05) is 11.3 Å². The number of nitrogens with zero attached hydrogens (tertiary/aromatic N) is 1. The van der Waals surface area contributed by atoms with Gasteiger partial charge in [-0.15, -0.1) is 11.3 Å². The summed E-state index contributed by atoms with van der Waals surface area (Å²) in [6.07, 6.45) is 11.2. The van der Waals surface area contributed by atoms with Crippen molar-refractivity contribution >= 4 is 11.3 Å². The predicted octanol–water partition coefficient (Wildman–Crippen LogP) is 4.70. The van der Waals surface area contributed by atoms with E-state index < -0.39 is 0 Å². The van der Waals surface area contributed by atoms with Crippen LogP contribution >= 0.6 is 11.3 Å². The Balaban J connectivity index is 1.83. The lowest BCUT2D eigenvalue weighted by molar-refractivity contribution is 0.110. The number of hydrogen-bond donors (Lipinski definition) is 1. The minimum absolute atomic E-state index is 0.173. The Morgan fingerprint density at radius 2 is 1.70 bits per heavy atom. The second-order valence-electron chi connectivity index (χ2n) is 6.98. The van der Waals surface area contributed by atoms with E-state index in [1.54, 1.807) is 0 Å². The number of nitrogens with one attached hydrogen (secondary N) is 1. The summed E-state index contributed by atoms with van der Waals surface area (Å²) in [6, 6.07) is 0. The minimum atomic E-state index is 0.173. The van der Waals surface area contributed by atoms with Crippen molar-refractivity contribution in [2.75, 3.05) is 6.54 Å². The summed E-state index contributed by atoms with van der Waals surface area (Å²) in [5.41, 5.74) is 2.09. The van der Waals surface area contributed by atoms with Gasteiger partial charge in [0.05, 0.1) is 11.2 Å². The minimum Gasteiger partial charge on any atom is -0.306 e. The smallest absolute Gasteiger partial charge is 0.113 e. The third-order valence-corrected chi connectivity index (χ3v) is 7.06. The number of aromatic nitrogens is 1. The van der Waals surface area contributed by atoms with Gasteiger partial charge in [-0.2, -0.15) is 0 Å². The summed E-state index contributed by atoms with van der Waals surface area (Å²) in [5.74, 6) is 0. The molecule has 1 heterocycles. The van der Waals surface area contributed by atoms with Gasteiger partial charge >= 0.3 is 0 Å². The van der Waals surface area contributed by atoms with Crippen molar-refractivity contribution in [2.24, 2.45) is 5.41 Å². The summed E-state index contributed by atoms with van der Waals surface area (Å²) in [5, 5.41) is 5.16. The number of aryl methyl sites for hydroxylation is 2. The number of thiazole rings is 1. The van der Waals surface area contributed by atoms with Gasteiger partial charge in [0.15, 0.2) is 0 Å². The van der Waals surface area contributed by atoms with Crippen LogP contribution in [0.15, 0.2) is 0 Å². The first-order valence-electron chi connectivity index (χ1n) is 8.29. The monoisotopic (exact) mass is 292 g/mol. The largest absolute Gasteiger partial charge is 0.306 e. The van der Waals surface area contributed by atoms with Crippen LogP contribution in [0.5, 0.6) is 0 Å². The van der Waals surface area contributed by atoms with Crippen LogP contribution in [0.25, 0.3) is 0 Å². The Kier molecular flexibility index (Phi) is 3.93. The van der Waals surface area contributed by atoms with Crippen molar-refractivity contribution in [2.45, 2.75) is 77.7 Å². The SMILES string of the molecule is CCNC1(c2nc(C)c(C)s2)CCC2(CCCC2)CC1. The second-order valence-corrected chi connectivity index (χ2v) is 8.18. The van der Waals surface area contributed by atoms with Crippen LogP contribution in [0.4, 0.5) is 0 Å². The van der Waals surface area contributed by atoms with Crippen molar-refractivity contribution < 1.29 is 0 Å². The molecule has 0 bridgehead atoms. The molecule has 0 unspecified atom stereocenters. The molecule has 112 valence electrons. The molecule has 1 aromatic heterocycles. The van der Waals surface area contributed by atoms with E-state index in [-0.39, 0.29) is 5.54 Å². The highest BCUT2D eigenvalue weighted by Crippen LogP contribution is 2.53. The molecule has 1 spiro atoms. The molecule has 0 saturated heterocycles. The first-order chi connectivity index (χ1) is 9.59. The predicted molar refractivity (Wildman–Crippen MR) is 86.3 cm³/mol. The molecular formula is C17H28N2S. The van der Waals surface area contributed by atoms with E-state index in [2.05, 4.69) is 26.1 Å². The standard InChI is InChI=1S/C17H28N2S/c1-4-18-17(15-19-13(2)14(3)20-15)11-9-16(10-12-17)7-5-6-8-16/h18H,4-12H2,1-3H3. The number of rotatable bonds is 3. The second kappa shape index (κ2) is 5.42. The molecule has 2 nitrogen and oxygen atoms in total. The molecule has 2 saturated carbocycles. The third kappa shape index (κ3) is 2.43. The van der Waals surface area contributed by atoms with Crippen LogP contribution in [-0.2, 0) is 5.54 Å². The average molecular weight is 292 g/mol. The summed E-state index contributed by atoms with van der Waals surface area (Å²) < 4.78 is 0. The van der Waals surface area contributed by atoms with E-state index in [9.17, 15) is 0 Å². The Morgan fingerprint density at radius 1 is 1.05 bits per heavy atom. The molecule has 2 aliphatic rings. The van der Waals surface area contributed by atoms with Crippen molar-refractivity contribution in [1.29, 1.82) is 0 Å². The molecule has 2 fully saturated rings. The molecule has 1 N–H and O–H groups in total. The van der Waals surface area contributed by atoms with Gasteiger partial charge < -0.3 is 5.32 Å². The maximum atomic E-state index is 4.90. The van der Waals surface area contributed by atoms with Crippen LogP contribution in [0.3, 0.4) is 0 Å². The van der Waals surface area contributed by atoms with Crippen LogP contribution in [-0.4, -0.2) is 11.5 Å². The third-order valence-electron chi connectivity index (χ3n) is 5.78. The van der Waals surface area contributed by atoms with Gasteiger partial charge in [0.1, 0.15) is 5.01 Å². The number of hydrogen-bond acceptors (Lipinski definition) is 3. The zero-order valence-corrected chi connectivity index (χ0v) is 14.0. The summed E-state index contributed by atoms with van der Waals surface area (Å²) in [6.45, 7) is 7.63. The molecule has 0 radical (unpaired) electrons. The highest BCUT2D eigenvalue weighted by atomic mass is 32.1. The van der Waals surface area contributed by atoms with E-state index >= 15 is 0 Å². The van der Waals surface area contributed by atoms with Crippen molar-refractivity contribution in [3.63, 3.8) is 0 Å². The quantitative estimate of drug-likeness (QED) is 0.873. The Labute approximate surface area is 127 Å². The lowest BCUT2D eigenvalue weighted by Crippen LogP contribution is -2.47.